The molecule has 166 valence electrons. The van der Waals surface area contributed by atoms with Crippen molar-refractivity contribution in [3.8, 4) is 11.1 Å². The van der Waals surface area contributed by atoms with E-state index in [4.69, 9.17) is 5.11 Å². The van der Waals surface area contributed by atoms with E-state index in [1.165, 1.54) is 5.56 Å². The normalized spacial score (nSPS) is 11.2. The fourth-order valence-corrected chi connectivity index (χ4v) is 3.89. The van der Waals surface area contributed by atoms with Gasteiger partial charge in [-0.2, -0.15) is 0 Å². The van der Waals surface area contributed by atoms with Crippen LogP contribution in [0, 0.1) is 0 Å². The van der Waals surface area contributed by atoms with E-state index in [0.29, 0.717) is 6.54 Å². The second kappa shape index (κ2) is 10.0. The van der Waals surface area contributed by atoms with Gasteiger partial charge in [0.05, 0.1) is 0 Å². The highest BCUT2D eigenvalue weighted by Gasteiger charge is 2.14. The lowest BCUT2D eigenvalue weighted by molar-refractivity contribution is -0.131. The van der Waals surface area contributed by atoms with E-state index in [2.05, 4.69) is 12.1 Å². The Morgan fingerprint density at radius 3 is 2.33 bits per heavy atom. The highest BCUT2D eigenvalue weighted by atomic mass is 16.4. The predicted molar refractivity (Wildman–Crippen MR) is 132 cm³/mol. The molecule has 0 spiro atoms. The Balaban J connectivity index is 1.60. The molecule has 0 aliphatic rings. The number of hydrogen-bond acceptors (Lipinski definition) is 2. The summed E-state index contributed by atoms with van der Waals surface area (Å²) in [4.78, 5) is 25.8. The number of carbonyl (C=O) groups is 2. The summed E-state index contributed by atoms with van der Waals surface area (Å²) in [5.74, 6) is -1.00. The van der Waals surface area contributed by atoms with Crippen LogP contribution in [0.3, 0.4) is 0 Å². The van der Waals surface area contributed by atoms with Gasteiger partial charge in [-0.25, -0.2) is 4.79 Å². The minimum atomic E-state index is -1.01. The first-order valence-corrected chi connectivity index (χ1v) is 10.9. The molecule has 0 saturated carbocycles. The molecule has 0 fully saturated rings. The monoisotopic (exact) mass is 438 g/mol. The van der Waals surface area contributed by atoms with E-state index in [-0.39, 0.29) is 12.5 Å². The van der Waals surface area contributed by atoms with Crippen molar-refractivity contribution in [2.24, 2.45) is 0 Å². The number of carboxylic acids is 1. The Kier molecular flexibility index (Phi) is 6.69. The maximum absolute atomic E-state index is 12.9. The summed E-state index contributed by atoms with van der Waals surface area (Å²) in [7, 11) is 1.82. The van der Waals surface area contributed by atoms with E-state index in [0.717, 1.165) is 40.1 Å². The standard InChI is InChI=1S/C28H26N2O3/c1-29(17-16-21-8-4-2-5-9-21)27(31)20-30-19-24(13-15-28(32)33)25-18-23(12-14-26(25)30)22-10-6-3-7-11-22/h2-15,18-19H,16-17,20H2,1H3,(H,32,33). The van der Waals surface area contributed by atoms with Gasteiger partial charge in [-0.15, -0.1) is 0 Å². The van der Waals surface area contributed by atoms with Crippen LogP contribution in [0.4, 0.5) is 0 Å². The number of benzene rings is 3. The second-order valence-corrected chi connectivity index (χ2v) is 8.03. The van der Waals surface area contributed by atoms with Gasteiger partial charge < -0.3 is 14.6 Å². The zero-order valence-corrected chi connectivity index (χ0v) is 18.5. The Labute approximate surface area is 193 Å². The van der Waals surface area contributed by atoms with Crippen molar-refractivity contribution in [2.45, 2.75) is 13.0 Å². The number of nitrogens with zero attached hydrogens (tertiary/aromatic N) is 2. The first-order chi connectivity index (χ1) is 16.0. The molecule has 0 radical (unpaired) electrons. The summed E-state index contributed by atoms with van der Waals surface area (Å²) in [6.07, 6.45) is 5.35. The molecule has 4 aromatic rings. The maximum atomic E-state index is 12.9. The zero-order chi connectivity index (χ0) is 23.2. The summed E-state index contributed by atoms with van der Waals surface area (Å²) in [6, 6.07) is 26.2. The Hall–Kier alpha value is -4.12. The Morgan fingerprint density at radius 1 is 0.939 bits per heavy atom. The molecule has 1 amide bonds. The number of aliphatic carboxylic acids is 1. The van der Waals surface area contributed by atoms with E-state index < -0.39 is 5.97 Å². The number of carboxylic acid groups (broad SMARTS) is 1. The van der Waals surface area contributed by atoms with Crippen LogP contribution in [0.25, 0.3) is 28.1 Å². The van der Waals surface area contributed by atoms with Crippen LogP contribution in [0.15, 0.2) is 91.1 Å². The van der Waals surface area contributed by atoms with Crippen molar-refractivity contribution >= 4 is 28.9 Å². The van der Waals surface area contributed by atoms with Gasteiger partial charge in [0.25, 0.3) is 0 Å². The molecule has 0 atom stereocenters. The smallest absolute Gasteiger partial charge is 0.328 e. The number of carbonyl (C=O) groups excluding carboxylic acids is 1. The van der Waals surface area contributed by atoms with Gasteiger partial charge in [0.2, 0.25) is 5.91 Å². The van der Waals surface area contributed by atoms with Gasteiger partial charge in [-0.05, 0) is 41.3 Å². The lowest BCUT2D eigenvalue weighted by Crippen LogP contribution is -2.31. The molecule has 0 saturated heterocycles. The van der Waals surface area contributed by atoms with E-state index in [9.17, 15) is 9.59 Å². The molecule has 33 heavy (non-hydrogen) atoms. The molecule has 1 heterocycles. The zero-order valence-electron chi connectivity index (χ0n) is 18.5. The third-order valence-corrected chi connectivity index (χ3v) is 5.73. The van der Waals surface area contributed by atoms with Crippen LogP contribution >= 0.6 is 0 Å². The molecule has 1 aromatic heterocycles. The molecule has 0 aliphatic heterocycles. The number of hydrogen-bond donors (Lipinski definition) is 1. The van der Waals surface area contributed by atoms with Crippen molar-refractivity contribution in [3.63, 3.8) is 0 Å². The van der Waals surface area contributed by atoms with Crippen LogP contribution < -0.4 is 0 Å². The van der Waals surface area contributed by atoms with Crippen LogP contribution in [0.2, 0.25) is 0 Å². The maximum Gasteiger partial charge on any atom is 0.328 e. The second-order valence-electron chi connectivity index (χ2n) is 8.03. The minimum Gasteiger partial charge on any atom is -0.478 e. The van der Waals surface area contributed by atoms with Crippen molar-refractivity contribution in [1.82, 2.24) is 9.47 Å². The molecule has 5 heteroatoms. The summed E-state index contributed by atoms with van der Waals surface area (Å²) < 4.78 is 1.90. The summed E-state index contributed by atoms with van der Waals surface area (Å²) >= 11 is 0. The predicted octanol–water partition coefficient (Wildman–Crippen LogP) is 5.11. The molecular weight excluding hydrogens is 412 g/mol. The molecule has 1 N–H and O–H groups in total. The highest BCUT2D eigenvalue weighted by molar-refractivity contribution is 5.96. The molecule has 3 aromatic carbocycles. The molecular formula is C28H26N2O3. The topological polar surface area (TPSA) is 62.5 Å². The first-order valence-electron chi connectivity index (χ1n) is 10.9. The Morgan fingerprint density at radius 2 is 1.64 bits per heavy atom. The average Bonchev–Trinajstić information content (AvgIpc) is 3.18. The van der Waals surface area contributed by atoms with Crippen LogP contribution in [0.1, 0.15) is 11.1 Å². The minimum absolute atomic E-state index is 0.00345. The van der Waals surface area contributed by atoms with Gasteiger partial charge >= 0.3 is 5.97 Å². The Bertz CT molecular complexity index is 1290. The largest absolute Gasteiger partial charge is 0.478 e. The molecule has 0 bridgehead atoms. The molecule has 5 nitrogen and oxygen atoms in total. The summed E-state index contributed by atoms with van der Waals surface area (Å²) in [6.45, 7) is 0.819. The van der Waals surface area contributed by atoms with Crippen molar-refractivity contribution < 1.29 is 14.7 Å². The summed E-state index contributed by atoms with van der Waals surface area (Å²) in [5.41, 5.74) is 4.97. The van der Waals surface area contributed by atoms with Gasteiger partial charge in [-0.1, -0.05) is 66.7 Å². The van der Waals surface area contributed by atoms with Gasteiger partial charge in [0, 0.05) is 42.3 Å². The van der Waals surface area contributed by atoms with E-state index in [1.807, 2.05) is 84.5 Å². The molecule has 0 unspecified atom stereocenters. The van der Waals surface area contributed by atoms with Crippen LogP contribution in [-0.4, -0.2) is 40.0 Å². The first kappa shape index (κ1) is 22.1. The van der Waals surface area contributed by atoms with Gasteiger partial charge in [0.15, 0.2) is 0 Å². The number of aromatic nitrogens is 1. The van der Waals surface area contributed by atoms with E-state index in [1.54, 1.807) is 11.0 Å². The van der Waals surface area contributed by atoms with Crippen molar-refractivity contribution in [2.75, 3.05) is 13.6 Å². The highest BCUT2D eigenvalue weighted by Crippen LogP contribution is 2.29. The van der Waals surface area contributed by atoms with Gasteiger partial charge in [-0.3, -0.25) is 4.79 Å². The van der Waals surface area contributed by atoms with Crippen molar-refractivity contribution in [1.29, 1.82) is 0 Å². The lowest BCUT2D eigenvalue weighted by Gasteiger charge is -2.18. The quantitative estimate of drug-likeness (QED) is 0.389. The number of amides is 1. The fourth-order valence-electron chi connectivity index (χ4n) is 3.89. The fraction of sp³-hybridized carbons (Fsp3) is 0.143. The number of likely N-dealkylation sites (N-methyl/N-ethyl adjacent to an activating group) is 1. The third-order valence-electron chi connectivity index (χ3n) is 5.73. The van der Waals surface area contributed by atoms with Crippen LogP contribution in [0.5, 0.6) is 0 Å². The van der Waals surface area contributed by atoms with Gasteiger partial charge in [0.1, 0.15) is 6.54 Å². The molecule has 0 aliphatic carbocycles. The summed E-state index contributed by atoms with van der Waals surface area (Å²) in [5, 5.41) is 10.0. The lowest BCUT2D eigenvalue weighted by atomic mass is 10.0. The average molecular weight is 439 g/mol. The van der Waals surface area contributed by atoms with E-state index >= 15 is 0 Å². The number of rotatable bonds is 8. The number of fused-ring (bicyclic) bond motifs is 1. The molecule has 4 rings (SSSR count). The van der Waals surface area contributed by atoms with Crippen LogP contribution in [-0.2, 0) is 22.6 Å². The SMILES string of the molecule is CN(CCc1ccccc1)C(=O)Cn1cc(C=CC(=O)O)c2cc(-c3ccccc3)ccc21. The third kappa shape index (κ3) is 5.39. The van der Waals surface area contributed by atoms with Crippen molar-refractivity contribution in [3.05, 3.63) is 102 Å².